The number of fused-ring (bicyclic) bond motifs is 1. The fourth-order valence-corrected chi connectivity index (χ4v) is 3.91. The predicted octanol–water partition coefficient (Wildman–Crippen LogP) is 4.35. The van der Waals surface area contributed by atoms with E-state index in [-0.39, 0.29) is 23.1 Å². The molecule has 0 spiro atoms. The number of amides is 2. The summed E-state index contributed by atoms with van der Waals surface area (Å²) in [4.78, 5) is 27.6. The molecule has 3 aromatic carbocycles. The Labute approximate surface area is 170 Å². The molecule has 2 amide bonds. The van der Waals surface area contributed by atoms with Crippen LogP contribution in [0.1, 0.15) is 35.7 Å². The second-order valence-corrected chi connectivity index (χ2v) is 7.38. The first-order valence-corrected chi connectivity index (χ1v) is 10.00. The van der Waals surface area contributed by atoms with Gasteiger partial charge in [-0.25, -0.2) is 0 Å². The molecule has 29 heavy (non-hydrogen) atoms. The summed E-state index contributed by atoms with van der Waals surface area (Å²) in [6, 6.07) is 18.0. The number of rotatable bonds is 4. The Kier molecular flexibility index (Phi) is 5.21. The molecule has 1 saturated heterocycles. The number of nitrogens with one attached hydrogen (secondary N) is 1. The second kappa shape index (κ2) is 7.95. The number of nitrogens with zero attached hydrogens (tertiary/aromatic N) is 1. The first-order chi connectivity index (χ1) is 14.1. The highest BCUT2D eigenvalue weighted by Crippen LogP contribution is 2.31. The van der Waals surface area contributed by atoms with Gasteiger partial charge in [0, 0.05) is 17.6 Å². The van der Waals surface area contributed by atoms with Gasteiger partial charge in [-0.05, 0) is 48.4 Å². The van der Waals surface area contributed by atoms with Gasteiger partial charge in [0.15, 0.2) is 0 Å². The van der Waals surface area contributed by atoms with Crippen LogP contribution >= 0.6 is 0 Å². The summed E-state index contributed by atoms with van der Waals surface area (Å²) in [7, 11) is 0. The first-order valence-electron chi connectivity index (χ1n) is 10.00. The fourth-order valence-electron chi connectivity index (χ4n) is 3.91. The van der Waals surface area contributed by atoms with Gasteiger partial charge in [0.1, 0.15) is 11.8 Å². The van der Waals surface area contributed by atoms with Gasteiger partial charge >= 0.3 is 0 Å². The number of carbonyl (C=O) groups excluding carboxylic acids is 2. The van der Waals surface area contributed by atoms with Gasteiger partial charge in [0.25, 0.3) is 5.91 Å². The van der Waals surface area contributed by atoms with Crippen LogP contribution in [-0.4, -0.2) is 34.4 Å². The van der Waals surface area contributed by atoms with Crippen molar-refractivity contribution in [3.05, 3.63) is 71.8 Å². The number of aryl methyl sites for hydroxylation is 1. The molecule has 0 bridgehead atoms. The normalized spacial score (nSPS) is 16.2. The molecule has 1 aliphatic rings. The highest BCUT2D eigenvalue weighted by molar-refractivity contribution is 6.06. The fraction of sp³-hybridized carbons (Fsp3) is 0.250. The molecule has 0 aliphatic carbocycles. The molecule has 1 aliphatic heterocycles. The monoisotopic (exact) mass is 388 g/mol. The van der Waals surface area contributed by atoms with Crippen LogP contribution in [0.4, 0.5) is 5.69 Å². The lowest BCUT2D eigenvalue weighted by molar-refractivity contribution is -0.119. The molecule has 3 aromatic rings. The number of hydrogen-bond donors (Lipinski definition) is 2. The number of anilines is 1. The zero-order valence-electron chi connectivity index (χ0n) is 16.4. The van der Waals surface area contributed by atoms with Crippen molar-refractivity contribution in [2.75, 3.05) is 11.9 Å². The Balaban J connectivity index is 1.55. The number of phenols is 1. The summed E-state index contributed by atoms with van der Waals surface area (Å²) in [5, 5.41) is 15.1. The third kappa shape index (κ3) is 3.68. The molecule has 1 atom stereocenters. The predicted molar refractivity (Wildman–Crippen MR) is 114 cm³/mol. The van der Waals surface area contributed by atoms with Crippen molar-refractivity contribution in [3.63, 3.8) is 0 Å². The number of carbonyl (C=O) groups is 2. The third-order valence-electron chi connectivity index (χ3n) is 5.58. The quantitative estimate of drug-likeness (QED) is 0.698. The molecule has 1 fully saturated rings. The van der Waals surface area contributed by atoms with E-state index < -0.39 is 6.04 Å². The maximum Gasteiger partial charge on any atom is 0.258 e. The van der Waals surface area contributed by atoms with E-state index in [0.717, 1.165) is 23.9 Å². The molecule has 5 nitrogen and oxygen atoms in total. The van der Waals surface area contributed by atoms with E-state index in [1.165, 1.54) is 5.56 Å². The van der Waals surface area contributed by atoms with Crippen molar-refractivity contribution in [3.8, 4) is 5.75 Å². The standard InChI is InChI=1S/C24H24N2O3/c1-2-16-9-12-18(13-10-16)25-23(28)21-8-5-15-26(21)24(29)20-14-11-17-6-3-4-7-19(17)22(20)27/h3-4,6-7,9-14,21,27H,2,5,8,15H2,1H3,(H,25,28)/t21-/m0/s1. The summed E-state index contributed by atoms with van der Waals surface area (Å²) >= 11 is 0. The van der Waals surface area contributed by atoms with Crippen LogP contribution in [0.2, 0.25) is 0 Å². The van der Waals surface area contributed by atoms with Crippen molar-refractivity contribution < 1.29 is 14.7 Å². The van der Waals surface area contributed by atoms with Gasteiger partial charge in [0.2, 0.25) is 5.91 Å². The van der Waals surface area contributed by atoms with E-state index in [2.05, 4.69) is 12.2 Å². The topological polar surface area (TPSA) is 69.6 Å². The summed E-state index contributed by atoms with van der Waals surface area (Å²) in [6.07, 6.45) is 2.31. The zero-order chi connectivity index (χ0) is 20.4. The lowest BCUT2D eigenvalue weighted by atomic mass is 10.0. The van der Waals surface area contributed by atoms with E-state index in [9.17, 15) is 14.7 Å². The molecule has 2 N–H and O–H groups in total. The molecule has 1 heterocycles. The lowest BCUT2D eigenvalue weighted by Gasteiger charge is -2.24. The molecule has 148 valence electrons. The van der Waals surface area contributed by atoms with Gasteiger partial charge in [-0.1, -0.05) is 49.4 Å². The van der Waals surface area contributed by atoms with Crippen molar-refractivity contribution >= 4 is 28.3 Å². The molecule has 0 saturated carbocycles. The van der Waals surface area contributed by atoms with E-state index in [4.69, 9.17) is 0 Å². The number of benzene rings is 3. The molecule has 0 aromatic heterocycles. The Morgan fingerprint density at radius 1 is 1.07 bits per heavy atom. The van der Waals surface area contributed by atoms with Crippen molar-refractivity contribution in [2.45, 2.75) is 32.2 Å². The van der Waals surface area contributed by atoms with Crippen molar-refractivity contribution in [1.82, 2.24) is 4.90 Å². The number of likely N-dealkylation sites (tertiary alicyclic amines) is 1. The summed E-state index contributed by atoms with van der Waals surface area (Å²) in [5.74, 6) is -0.540. The van der Waals surface area contributed by atoms with Gasteiger partial charge < -0.3 is 15.3 Å². The highest BCUT2D eigenvalue weighted by atomic mass is 16.3. The molecular formula is C24H24N2O3. The Hall–Kier alpha value is -3.34. The average Bonchev–Trinajstić information content (AvgIpc) is 3.24. The first kappa shape index (κ1) is 19.0. The number of hydrogen-bond acceptors (Lipinski definition) is 3. The minimum absolute atomic E-state index is 0.0330. The Bertz CT molecular complexity index is 1060. The van der Waals surface area contributed by atoms with E-state index >= 15 is 0 Å². The SMILES string of the molecule is CCc1ccc(NC(=O)[C@@H]2CCCN2C(=O)c2ccc3ccccc3c2O)cc1. The smallest absolute Gasteiger partial charge is 0.258 e. The Morgan fingerprint density at radius 2 is 1.83 bits per heavy atom. The third-order valence-corrected chi connectivity index (χ3v) is 5.58. The van der Waals surface area contributed by atoms with Crippen molar-refractivity contribution in [1.29, 1.82) is 0 Å². The van der Waals surface area contributed by atoms with E-state index in [1.807, 2.05) is 48.5 Å². The minimum Gasteiger partial charge on any atom is -0.506 e. The van der Waals surface area contributed by atoms with Gasteiger partial charge in [-0.2, -0.15) is 0 Å². The van der Waals surface area contributed by atoms with Crippen LogP contribution in [0.25, 0.3) is 10.8 Å². The largest absolute Gasteiger partial charge is 0.506 e. The van der Waals surface area contributed by atoms with Crippen LogP contribution in [0, 0.1) is 0 Å². The Morgan fingerprint density at radius 3 is 2.59 bits per heavy atom. The average molecular weight is 388 g/mol. The van der Waals surface area contributed by atoms with Crippen LogP contribution < -0.4 is 5.32 Å². The highest BCUT2D eigenvalue weighted by Gasteiger charge is 2.35. The van der Waals surface area contributed by atoms with Crippen LogP contribution in [0.5, 0.6) is 5.75 Å². The summed E-state index contributed by atoms with van der Waals surface area (Å²) < 4.78 is 0. The second-order valence-electron chi connectivity index (χ2n) is 7.38. The van der Waals surface area contributed by atoms with E-state index in [0.29, 0.717) is 18.4 Å². The summed E-state index contributed by atoms with van der Waals surface area (Å²) in [5.41, 5.74) is 2.16. The van der Waals surface area contributed by atoms with Crippen LogP contribution in [0.15, 0.2) is 60.7 Å². The molecule has 5 heteroatoms. The minimum atomic E-state index is -0.542. The van der Waals surface area contributed by atoms with Gasteiger partial charge in [-0.3, -0.25) is 9.59 Å². The van der Waals surface area contributed by atoms with E-state index in [1.54, 1.807) is 17.0 Å². The van der Waals surface area contributed by atoms with Crippen LogP contribution in [0.3, 0.4) is 0 Å². The molecule has 0 radical (unpaired) electrons. The van der Waals surface area contributed by atoms with Crippen LogP contribution in [-0.2, 0) is 11.2 Å². The number of phenolic OH excluding ortho intramolecular Hbond substituents is 1. The lowest BCUT2D eigenvalue weighted by Crippen LogP contribution is -2.43. The van der Waals surface area contributed by atoms with Gasteiger partial charge in [-0.15, -0.1) is 0 Å². The zero-order valence-corrected chi connectivity index (χ0v) is 16.4. The maximum atomic E-state index is 13.1. The molecule has 4 rings (SSSR count). The maximum absolute atomic E-state index is 13.1. The molecular weight excluding hydrogens is 364 g/mol. The van der Waals surface area contributed by atoms with Gasteiger partial charge in [0.05, 0.1) is 5.56 Å². The number of aromatic hydroxyl groups is 1. The summed E-state index contributed by atoms with van der Waals surface area (Å²) in [6.45, 7) is 2.58. The van der Waals surface area contributed by atoms with Crippen molar-refractivity contribution in [2.24, 2.45) is 0 Å². The molecule has 0 unspecified atom stereocenters.